The van der Waals surface area contributed by atoms with Gasteiger partial charge in [0, 0.05) is 75.3 Å². The van der Waals surface area contributed by atoms with Crippen LogP contribution < -0.4 is 16.1 Å². The third-order valence-corrected chi connectivity index (χ3v) is 13.3. The van der Waals surface area contributed by atoms with Crippen molar-refractivity contribution in [1.82, 2.24) is 40.4 Å². The zero-order chi connectivity index (χ0) is 47.8. The molecule has 4 amide bonds. The summed E-state index contributed by atoms with van der Waals surface area (Å²) in [5.41, 5.74) is 8.77. The molecule has 0 aliphatic carbocycles. The van der Waals surface area contributed by atoms with E-state index in [1.807, 2.05) is 39.0 Å². The molecule has 2 fully saturated rings. The Morgan fingerprint density at radius 3 is 2.48 bits per heavy atom. The van der Waals surface area contributed by atoms with Crippen molar-refractivity contribution in [2.45, 2.75) is 110 Å². The highest BCUT2D eigenvalue weighted by Crippen LogP contribution is 2.42. The van der Waals surface area contributed by atoms with E-state index in [1.165, 1.54) is 21.9 Å². The molecule has 0 saturated carbocycles. The van der Waals surface area contributed by atoms with Gasteiger partial charge in [-0.05, 0) is 105 Å². The molecule has 6 bridgehead atoms. The van der Waals surface area contributed by atoms with Crippen LogP contribution >= 0.6 is 0 Å². The molecule has 2 aromatic carbocycles. The summed E-state index contributed by atoms with van der Waals surface area (Å²) in [7, 11) is 4.75. The van der Waals surface area contributed by atoms with Crippen LogP contribution in [0.25, 0.3) is 33.3 Å². The highest BCUT2D eigenvalue weighted by atomic mass is 16.5. The van der Waals surface area contributed by atoms with Crippen molar-refractivity contribution in [3.8, 4) is 28.1 Å². The summed E-state index contributed by atoms with van der Waals surface area (Å²) >= 11 is 0. The quantitative estimate of drug-likeness (QED) is 0.120. The number of cyclic esters (lactones) is 1. The molecule has 3 aliphatic heterocycles. The van der Waals surface area contributed by atoms with Crippen LogP contribution in [0.15, 0.2) is 54.7 Å². The predicted molar refractivity (Wildman–Crippen MR) is 251 cm³/mol. The molecule has 5 atom stereocenters. The Morgan fingerprint density at radius 2 is 1.80 bits per heavy atom. The Kier molecular flexibility index (Phi) is 14.0. The number of likely N-dealkylation sites (N-methyl/N-ethyl adjacent to an activating group) is 2. The third kappa shape index (κ3) is 9.96. The number of nitrogens with zero attached hydrogens (tertiary/aromatic N) is 5. The number of methoxy groups -OCH3 is 1. The van der Waals surface area contributed by atoms with Crippen molar-refractivity contribution in [1.29, 1.82) is 0 Å². The smallest absolute Gasteiger partial charge is 0.324 e. The molecule has 4 aromatic rings. The summed E-state index contributed by atoms with van der Waals surface area (Å²) in [6.07, 6.45) is 2.93. The summed E-state index contributed by atoms with van der Waals surface area (Å²) in [4.78, 5) is 77.1. The maximum atomic E-state index is 14.7. The maximum Gasteiger partial charge on any atom is 0.324 e. The number of aromatic hydroxyl groups is 1. The number of nitrogens with one attached hydrogen (secondary N) is 3. The van der Waals surface area contributed by atoms with Crippen LogP contribution in [0.4, 0.5) is 0 Å². The van der Waals surface area contributed by atoms with Gasteiger partial charge in [-0.3, -0.25) is 34.0 Å². The van der Waals surface area contributed by atoms with Gasteiger partial charge in [-0.25, -0.2) is 5.43 Å². The van der Waals surface area contributed by atoms with Crippen molar-refractivity contribution in [3.63, 3.8) is 0 Å². The number of phenols is 1. The molecule has 3 aliphatic rings. The molecule has 7 rings (SSSR count). The first-order valence-electron chi connectivity index (χ1n) is 23.0. The number of rotatable bonds is 11. The standard InChI is InChI=1S/C50H66N8O8/c1-11-57-40-17-16-32-24-36(40)37(44(57)35-14-12-18-51-42(35)30(4)65-10)25-49(5,6)28-66-47(63)38-15-13-19-58(54-38)46(62)39(22-31-20-33(32)23-34(59)21-31)53-45(61)43(29(2)3)56(9)41(60)26-55(8)48(64)50(7)27-52-50/h12,14,16-18,20-21,23-24,29-30,38-39,43,52,54,59H,11,13,15,19,22,25-28H2,1-10H3,(H,53,61)/t30-,38-,39-,43-,50-/m0/s1. The monoisotopic (exact) mass is 907 g/mol. The first kappa shape index (κ1) is 48.1. The van der Waals surface area contributed by atoms with Crippen molar-refractivity contribution >= 4 is 40.5 Å². The fourth-order valence-corrected chi connectivity index (χ4v) is 9.50. The van der Waals surface area contributed by atoms with E-state index in [4.69, 9.17) is 14.5 Å². The Labute approximate surface area is 387 Å². The van der Waals surface area contributed by atoms with Gasteiger partial charge < -0.3 is 39.6 Å². The average molecular weight is 907 g/mol. The second-order valence-corrected chi connectivity index (χ2v) is 19.6. The van der Waals surface area contributed by atoms with E-state index >= 15 is 0 Å². The molecule has 354 valence electrons. The number of aromatic nitrogens is 2. The number of aryl methyl sites for hydroxylation is 1. The van der Waals surface area contributed by atoms with Gasteiger partial charge in [-0.15, -0.1) is 0 Å². The summed E-state index contributed by atoms with van der Waals surface area (Å²) in [6.45, 7) is 14.9. The summed E-state index contributed by atoms with van der Waals surface area (Å²) < 4.78 is 14.2. The van der Waals surface area contributed by atoms with Crippen LogP contribution in [0.2, 0.25) is 0 Å². The van der Waals surface area contributed by atoms with E-state index in [1.54, 1.807) is 39.4 Å². The molecule has 0 spiro atoms. The zero-order valence-corrected chi connectivity index (χ0v) is 40.0. The molecule has 4 N–H and O–H groups in total. The number of amides is 4. The molecular weight excluding hydrogens is 841 g/mol. The van der Waals surface area contributed by atoms with E-state index in [-0.39, 0.29) is 49.8 Å². The normalized spacial score (nSPS) is 21.7. The van der Waals surface area contributed by atoms with Crippen LogP contribution in [-0.4, -0.2) is 130 Å². The van der Waals surface area contributed by atoms with Crippen LogP contribution in [0.3, 0.4) is 0 Å². The molecule has 0 radical (unpaired) electrons. The highest BCUT2D eigenvalue weighted by molar-refractivity contribution is 5.97. The first-order chi connectivity index (χ1) is 31.2. The fourth-order valence-electron chi connectivity index (χ4n) is 9.50. The second kappa shape index (κ2) is 19.2. The van der Waals surface area contributed by atoms with Crippen LogP contribution in [0.1, 0.15) is 84.2 Å². The molecular formula is C50H66N8O8. The van der Waals surface area contributed by atoms with Crippen molar-refractivity contribution in [3.05, 3.63) is 71.5 Å². The summed E-state index contributed by atoms with van der Waals surface area (Å²) in [6, 6.07) is 12.4. The number of hydrogen-bond acceptors (Lipinski definition) is 11. The number of carbonyl (C=O) groups excluding carboxylic acids is 5. The number of hydrazine groups is 1. The van der Waals surface area contributed by atoms with Crippen LogP contribution in [-0.2, 0) is 52.8 Å². The summed E-state index contributed by atoms with van der Waals surface area (Å²) in [5, 5.41) is 19.7. The Bertz CT molecular complexity index is 2510. The van der Waals surface area contributed by atoms with Gasteiger partial charge in [0.25, 0.3) is 5.91 Å². The molecule has 0 unspecified atom stereocenters. The van der Waals surface area contributed by atoms with Gasteiger partial charge in [-0.2, -0.15) is 0 Å². The lowest BCUT2D eigenvalue weighted by Gasteiger charge is -2.37. The minimum absolute atomic E-state index is 0.0190. The van der Waals surface area contributed by atoms with E-state index in [0.29, 0.717) is 43.5 Å². The maximum absolute atomic E-state index is 14.7. The van der Waals surface area contributed by atoms with Gasteiger partial charge in [0.1, 0.15) is 29.4 Å². The number of esters is 1. The lowest BCUT2D eigenvalue weighted by molar-refractivity contribution is -0.155. The molecule has 16 nitrogen and oxygen atoms in total. The largest absolute Gasteiger partial charge is 0.508 e. The number of fused-ring (bicyclic) bond motifs is 6. The molecule has 5 heterocycles. The van der Waals surface area contributed by atoms with Crippen LogP contribution in [0, 0.1) is 11.3 Å². The summed E-state index contributed by atoms with van der Waals surface area (Å²) in [5.74, 6) is -2.60. The second-order valence-electron chi connectivity index (χ2n) is 19.6. The van der Waals surface area contributed by atoms with Gasteiger partial charge >= 0.3 is 5.97 Å². The minimum atomic E-state index is -1.18. The minimum Gasteiger partial charge on any atom is -0.508 e. The van der Waals surface area contributed by atoms with E-state index in [9.17, 15) is 29.1 Å². The van der Waals surface area contributed by atoms with Crippen LogP contribution in [0.5, 0.6) is 5.75 Å². The van der Waals surface area contributed by atoms with Gasteiger partial charge in [0.05, 0.1) is 30.6 Å². The zero-order valence-electron chi connectivity index (χ0n) is 40.0. The molecule has 16 heteroatoms. The third-order valence-electron chi connectivity index (χ3n) is 13.3. The van der Waals surface area contributed by atoms with Crippen molar-refractivity contribution in [2.24, 2.45) is 11.3 Å². The van der Waals surface area contributed by atoms with E-state index in [2.05, 4.69) is 59.6 Å². The number of carbonyl (C=O) groups is 5. The van der Waals surface area contributed by atoms with E-state index in [0.717, 1.165) is 39.0 Å². The van der Waals surface area contributed by atoms with Gasteiger partial charge in [-0.1, -0.05) is 39.8 Å². The molecule has 2 saturated heterocycles. The Hall–Kier alpha value is -5.84. The first-order valence-corrected chi connectivity index (χ1v) is 23.0. The lowest BCUT2D eigenvalue weighted by atomic mass is 9.84. The van der Waals surface area contributed by atoms with Crippen molar-refractivity contribution in [2.75, 3.05) is 47.4 Å². The molecule has 2 aromatic heterocycles. The molecule has 66 heavy (non-hydrogen) atoms. The van der Waals surface area contributed by atoms with Crippen molar-refractivity contribution < 1.29 is 38.6 Å². The Morgan fingerprint density at radius 1 is 1.06 bits per heavy atom. The topological polar surface area (TPSA) is 198 Å². The number of pyridine rings is 1. The number of benzene rings is 2. The van der Waals surface area contributed by atoms with Gasteiger partial charge in [0.15, 0.2) is 0 Å². The average Bonchev–Trinajstić information content (AvgIpc) is 3.98. The Balaban J connectivity index is 1.30. The number of phenolic OH excluding ortho intramolecular Hbond substituents is 1. The fraction of sp³-hybridized carbons (Fsp3) is 0.520. The lowest BCUT2D eigenvalue weighted by Crippen LogP contribution is -2.62. The van der Waals surface area contributed by atoms with E-state index < -0.39 is 52.8 Å². The number of ether oxygens (including phenoxy) is 2. The highest BCUT2D eigenvalue weighted by Gasteiger charge is 2.47. The number of hydrogen-bond donors (Lipinski definition) is 4. The SMILES string of the molecule is CCn1c(-c2cccnc2[C@H](C)OC)c2c3cc(ccc31)-c1cc(O)cc(c1)C[C@H](NC(=O)[C@H](C(C)C)N(C)C(=O)CN(C)C(=O)[C@]1(C)CN1)C(=O)N1CCC[C@H](N1)C(=O)OCC(C)(C)C2. The predicted octanol–water partition coefficient (Wildman–Crippen LogP) is 4.75. The van der Waals surface area contributed by atoms with Gasteiger partial charge in [0.2, 0.25) is 17.7 Å².